The van der Waals surface area contributed by atoms with E-state index in [1.165, 1.54) is 0 Å². The van der Waals surface area contributed by atoms with E-state index in [0.717, 1.165) is 56.9 Å². The molecule has 17 heteroatoms. The Bertz CT molecular complexity index is 2060. The third-order valence-electron chi connectivity index (χ3n) is 20.4. The van der Waals surface area contributed by atoms with Crippen LogP contribution in [0, 0.1) is 23.7 Å². The zero-order valence-electron chi connectivity index (χ0n) is 44.7. The number of esters is 1. The van der Waals surface area contributed by atoms with Crippen LogP contribution in [0.5, 0.6) is 0 Å². The number of hydrogen-bond donors (Lipinski definition) is 2. The Hall–Kier alpha value is -1.39. The Morgan fingerprint density at radius 1 is 0.500 bits per heavy atom. The van der Waals surface area contributed by atoms with Crippen molar-refractivity contribution >= 4 is 5.97 Å². The van der Waals surface area contributed by atoms with E-state index in [2.05, 4.69) is 48.1 Å². The fourth-order valence-electron chi connectivity index (χ4n) is 16.7. The number of hydrogen-bond acceptors (Lipinski definition) is 17. The minimum Gasteiger partial charge on any atom is -0.459 e. The van der Waals surface area contributed by atoms with Gasteiger partial charge in [-0.25, -0.2) is 0 Å². The van der Waals surface area contributed by atoms with Crippen molar-refractivity contribution in [1.82, 2.24) is 0 Å². The van der Waals surface area contributed by atoms with Gasteiger partial charge in [-0.3, -0.25) is 4.79 Å². The van der Waals surface area contributed by atoms with E-state index in [4.69, 9.17) is 66.3 Å². The lowest BCUT2D eigenvalue weighted by Gasteiger charge is -2.54. The molecule has 74 heavy (non-hydrogen) atoms. The molecule has 416 valence electrons. The second-order valence-corrected chi connectivity index (χ2v) is 26.0. The standard InChI is InChI=1S/C57H86O17/c1-27-16-34-9-8-30(4)61-31(5)12-14-55-15-13-37(69-55)40-20-45(71-55)54-38(64-40)11-10-35(63-54)17-49(60)68-53-33(7)52-43(65-42(53)19-39(62-34)32(27)6)21-41-46(66-52)24-57(70-41)25-47-51(74-57)29(3)23-56(73-47)22-28(2)50-44(72-56)18-36(59)48(26-58)67-50/h27-31,33-48,50-54,58-59H,6,8-26H2,1-5,7H3/t27-,28+,29+,30?,31?,33+,34?,35?,36-,37?,38?,39?,40-,41-,42?,43+,44?,45?,46-,47?,48?,50?,51?,52+,53?,54+,55+,56-,57+/m1/s1. The zero-order chi connectivity index (χ0) is 51.0. The summed E-state index contributed by atoms with van der Waals surface area (Å²) in [5, 5.41) is 20.6. The van der Waals surface area contributed by atoms with Crippen LogP contribution in [-0.4, -0.2) is 174 Å². The molecule has 29 atom stereocenters. The number of aliphatic hydroxyl groups excluding tert-OH is 2. The number of carbonyl (C=O) groups excluding carboxylic acids is 1. The van der Waals surface area contributed by atoms with Crippen molar-refractivity contribution in [3.8, 4) is 0 Å². The minimum atomic E-state index is -0.900. The van der Waals surface area contributed by atoms with Crippen molar-refractivity contribution < 1.29 is 81.3 Å². The number of aliphatic hydroxyl groups is 2. The van der Waals surface area contributed by atoms with Crippen molar-refractivity contribution in [2.24, 2.45) is 23.7 Å². The van der Waals surface area contributed by atoms with Crippen molar-refractivity contribution in [1.29, 1.82) is 0 Å². The molecule has 17 nitrogen and oxygen atoms in total. The Kier molecular flexibility index (Phi) is 14.1. The maximum atomic E-state index is 14.5. The fraction of sp³-hybridized carbons (Fsp3) is 0.947. The molecule has 0 radical (unpaired) electrons. The molecular formula is C57H86O17. The summed E-state index contributed by atoms with van der Waals surface area (Å²) in [5.41, 5.74) is 1.05. The Morgan fingerprint density at radius 3 is 2.00 bits per heavy atom. The van der Waals surface area contributed by atoms with E-state index in [1.54, 1.807) is 0 Å². The van der Waals surface area contributed by atoms with Crippen LogP contribution in [0.25, 0.3) is 0 Å². The first-order chi connectivity index (χ1) is 35.5. The third-order valence-corrected chi connectivity index (χ3v) is 20.4. The molecule has 13 heterocycles. The molecule has 13 aliphatic rings. The molecule has 13 fully saturated rings. The number of rotatable bonds is 1. The van der Waals surface area contributed by atoms with E-state index >= 15 is 0 Å². The minimum absolute atomic E-state index is 0.000588. The first kappa shape index (κ1) is 52.0. The van der Waals surface area contributed by atoms with Crippen LogP contribution in [0.1, 0.15) is 157 Å². The molecule has 13 rings (SSSR count). The van der Waals surface area contributed by atoms with Crippen molar-refractivity contribution in [3.05, 3.63) is 12.2 Å². The molecule has 15 unspecified atom stereocenters. The lowest BCUT2D eigenvalue weighted by molar-refractivity contribution is -0.371. The van der Waals surface area contributed by atoms with Gasteiger partial charge in [0.2, 0.25) is 0 Å². The molecule has 0 aromatic heterocycles. The molecule has 2 N–H and O–H groups in total. The summed E-state index contributed by atoms with van der Waals surface area (Å²) in [6, 6.07) is 0. The van der Waals surface area contributed by atoms with Crippen molar-refractivity contribution in [2.45, 2.75) is 309 Å². The van der Waals surface area contributed by atoms with Gasteiger partial charge in [-0.15, -0.1) is 0 Å². The molecule has 13 aliphatic heterocycles. The predicted molar refractivity (Wildman–Crippen MR) is 261 cm³/mol. The van der Waals surface area contributed by atoms with Crippen LogP contribution in [0.4, 0.5) is 0 Å². The average molecular weight is 1040 g/mol. The highest BCUT2D eigenvalue weighted by molar-refractivity contribution is 5.70. The van der Waals surface area contributed by atoms with Crippen LogP contribution in [0.15, 0.2) is 12.2 Å². The van der Waals surface area contributed by atoms with Gasteiger partial charge >= 0.3 is 5.97 Å². The number of ether oxygens (including phenoxy) is 14. The van der Waals surface area contributed by atoms with E-state index in [-0.39, 0.29) is 153 Å². The summed E-state index contributed by atoms with van der Waals surface area (Å²) in [7, 11) is 0. The molecule has 13 saturated heterocycles. The van der Waals surface area contributed by atoms with E-state index in [1.807, 2.05) is 0 Å². The van der Waals surface area contributed by atoms with Crippen LogP contribution >= 0.6 is 0 Å². The summed E-state index contributed by atoms with van der Waals surface area (Å²) in [5.74, 6) is -2.49. The normalized spacial score (nSPS) is 57.5. The van der Waals surface area contributed by atoms with Gasteiger partial charge < -0.3 is 76.5 Å². The highest BCUT2D eigenvalue weighted by atomic mass is 16.8. The van der Waals surface area contributed by atoms with E-state index in [0.29, 0.717) is 57.8 Å². The lowest BCUT2D eigenvalue weighted by atomic mass is 9.78. The molecule has 0 saturated carbocycles. The fourth-order valence-corrected chi connectivity index (χ4v) is 16.7. The summed E-state index contributed by atoms with van der Waals surface area (Å²) >= 11 is 0. The Morgan fingerprint density at radius 2 is 1.16 bits per heavy atom. The Balaban J connectivity index is 0.722. The molecule has 0 amide bonds. The highest BCUT2D eigenvalue weighted by Gasteiger charge is 2.65. The molecule has 0 aliphatic carbocycles. The second-order valence-electron chi connectivity index (χ2n) is 26.0. The predicted octanol–water partition coefficient (Wildman–Crippen LogP) is 6.27. The second kappa shape index (κ2) is 20.0. The van der Waals surface area contributed by atoms with Crippen molar-refractivity contribution in [3.63, 3.8) is 0 Å². The third kappa shape index (κ3) is 9.62. The monoisotopic (exact) mass is 1040 g/mol. The summed E-state index contributed by atoms with van der Waals surface area (Å²) in [6.07, 6.45) is 6.17. The van der Waals surface area contributed by atoms with Gasteiger partial charge in [0.05, 0.1) is 129 Å². The number of carbonyl (C=O) groups is 1. The largest absolute Gasteiger partial charge is 0.459 e. The summed E-state index contributed by atoms with van der Waals surface area (Å²) in [6.45, 7) is 17.4. The summed E-state index contributed by atoms with van der Waals surface area (Å²) < 4.78 is 96.0. The zero-order valence-corrected chi connectivity index (χ0v) is 44.7. The van der Waals surface area contributed by atoms with Crippen LogP contribution < -0.4 is 0 Å². The first-order valence-corrected chi connectivity index (χ1v) is 29.3. The summed E-state index contributed by atoms with van der Waals surface area (Å²) in [4.78, 5) is 14.5. The maximum absolute atomic E-state index is 14.5. The van der Waals surface area contributed by atoms with E-state index < -0.39 is 41.8 Å². The SMILES string of the molecule is C=C1C2CC3O[C@H]4C[C@H]5O[C@@]6(CC7O[C@]8(C[C@H](C)C9OC(CO)[C@H](O)CC9O8)C[C@H](C)C7O6)C[C@H]5O[C@H]4[C@H](C)C3OC(=O)CC3CCC4O[C@@H]5CC(O[C@@]6(CCC(C)OC(C)CCC(C[C@H]1C)O2)CCC5O6)[C@H]4O3. The van der Waals surface area contributed by atoms with Gasteiger partial charge in [0, 0.05) is 70.1 Å². The van der Waals surface area contributed by atoms with Gasteiger partial charge in [0.25, 0.3) is 0 Å². The average Bonchev–Trinajstić information content (AvgIpc) is 4.03. The lowest BCUT2D eigenvalue weighted by Crippen LogP contribution is -2.62. The van der Waals surface area contributed by atoms with Gasteiger partial charge in [0.1, 0.15) is 18.3 Å². The topological polar surface area (TPSA) is 187 Å². The number of fused-ring (bicyclic) bond motifs is 11. The van der Waals surface area contributed by atoms with Gasteiger partial charge in [0.15, 0.2) is 17.4 Å². The molecule has 0 aromatic carbocycles. The van der Waals surface area contributed by atoms with Gasteiger partial charge in [-0.1, -0.05) is 34.3 Å². The quantitative estimate of drug-likeness (QED) is 0.221. The first-order valence-electron chi connectivity index (χ1n) is 29.3. The highest BCUT2D eigenvalue weighted by Crippen LogP contribution is 2.56. The van der Waals surface area contributed by atoms with Crippen LogP contribution in [-0.2, 0) is 71.1 Å². The molecule has 0 aromatic rings. The maximum Gasteiger partial charge on any atom is 0.308 e. The molecular weight excluding hydrogens is 957 g/mol. The molecule has 3 spiro atoms. The van der Waals surface area contributed by atoms with E-state index in [9.17, 15) is 15.0 Å². The van der Waals surface area contributed by atoms with Crippen LogP contribution in [0.3, 0.4) is 0 Å². The smallest absolute Gasteiger partial charge is 0.308 e. The van der Waals surface area contributed by atoms with Crippen LogP contribution in [0.2, 0.25) is 0 Å². The Labute approximate surface area is 437 Å². The van der Waals surface area contributed by atoms with Gasteiger partial charge in [-0.05, 0) is 82.1 Å². The molecule has 8 bridgehead atoms. The van der Waals surface area contributed by atoms with Crippen molar-refractivity contribution in [2.75, 3.05) is 6.61 Å². The van der Waals surface area contributed by atoms with Gasteiger partial charge in [-0.2, -0.15) is 0 Å².